The van der Waals surface area contributed by atoms with E-state index in [4.69, 9.17) is 4.74 Å². The minimum atomic E-state index is -0.556. The van der Waals surface area contributed by atoms with Gasteiger partial charge in [0.2, 0.25) is 0 Å². The lowest BCUT2D eigenvalue weighted by Crippen LogP contribution is -2.46. The van der Waals surface area contributed by atoms with Gasteiger partial charge in [0.05, 0.1) is 11.8 Å². The van der Waals surface area contributed by atoms with Crippen molar-refractivity contribution in [3.63, 3.8) is 0 Å². The molecule has 2 aromatic rings. The van der Waals surface area contributed by atoms with E-state index in [1.54, 1.807) is 7.05 Å². The molecule has 0 saturated carbocycles. The lowest BCUT2D eigenvalue weighted by Gasteiger charge is -2.23. The maximum Gasteiger partial charge on any atom is 0.191 e. The van der Waals surface area contributed by atoms with Crippen molar-refractivity contribution in [1.29, 1.82) is 0 Å². The van der Waals surface area contributed by atoms with Gasteiger partial charge in [0.25, 0.3) is 0 Å². The summed E-state index contributed by atoms with van der Waals surface area (Å²) in [6.45, 7) is 2.88. The molecule has 0 aliphatic carbocycles. The van der Waals surface area contributed by atoms with Gasteiger partial charge in [-0.25, -0.2) is 8.78 Å². The number of rotatable bonds is 5. The van der Waals surface area contributed by atoms with E-state index in [9.17, 15) is 8.78 Å². The van der Waals surface area contributed by atoms with Crippen molar-refractivity contribution in [2.45, 2.75) is 25.0 Å². The molecule has 0 spiro atoms. The molecule has 0 aromatic heterocycles. The van der Waals surface area contributed by atoms with Crippen molar-refractivity contribution in [1.82, 2.24) is 10.6 Å². The Balaban J connectivity index is 1.30. The Labute approximate surface area is 176 Å². The van der Waals surface area contributed by atoms with E-state index >= 15 is 0 Å². The molecule has 30 heavy (non-hydrogen) atoms. The maximum atomic E-state index is 14.1. The summed E-state index contributed by atoms with van der Waals surface area (Å²) in [6.07, 6.45) is 1.96. The van der Waals surface area contributed by atoms with Crippen molar-refractivity contribution in [2.24, 2.45) is 10.9 Å². The fourth-order valence-corrected chi connectivity index (χ4v) is 4.30. The molecule has 2 aromatic carbocycles. The second kappa shape index (κ2) is 9.43. The van der Waals surface area contributed by atoms with Crippen LogP contribution in [0.15, 0.2) is 53.5 Å². The van der Waals surface area contributed by atoms with E-state index in [1.165, 1.54) is 17.7 Å². The standard InChI is InChI=1S/C23H28F2N4O/c1-26-23(27-14-17-10-12-30-22(17)16-5-3-2-4-6-16)28-19-9-11-29(15-19)21-8-7-18(24)13-20(21)25/h2-8,13,17,19,22H,9-12,14-15H2,1H3,(H2,26,27,28). The zero-order chi connectivity index (χ0) is 20.9. The van der Waals surface area contributed by atoms with E-state index in [-0.39, 0.29) is 12.1 Å². The van der Waals surface area contributed by atoms with Crippen molar-refractivity contribution >= 4 is 11.6 Å². The number of ether oxygens (including phenoxy) is 1. The lowest BCUT2D eigenvalue weighted by molar-refractivity contribution is 0.0915. The second-order valence-electron chi connectivity index (χ2n) is 7.88. The van der Waals surface area contributed by atoms with Crippen LogP contribution < -0.4 is 15.5 Å². The first kappa shape index (κ1) is 20.6. The van der Waals surface area contributed by atoms with E-state index < -0.39 is 11.6 Å². The largest absolute Gasteiger partial charge is 0.373 e. The summed E-state index contributed by atoms with van der Waals surface area (Å²) in [5, 5.41) is 6.86. The number of guanidine groups is 1. The fourth-order valence-electron chi connectivity index (χ4n) is 4.30. The van der Waals surface area contributed by atoms with E-state index in [0.29, 0.717) is 24.7 Å². The number of nitrogens with one attached hydrogen (secondary N) is 2. The number of benzene rings is 2. The first-order chi connectivity index (χ1) is 14.6. The van der Waals surface area contributed by atoms with Crippen LogP contribution in [0.4, 0.5) is 14.5 Å². The Morgan fingerprint density at radius 1 is 1.17 bits per heavy atom. The van der Waals surface area contributed by atoms with Crippen LogP contribution in [0.3, 0.4) is 0 Å². The normalized spacial score (nSPS) is 24.3. The van der Waals surface area contributed by atoms with Crippen LogP contribution in [0.25, 0.3) is 0 Å². The Morgan fingerprint density at radius 3 is 2.77 bits per heavy atom. The third kappa shape index (κ3) is 4.73. The van der Waals surface area contributed by atoms with Crippen LogP contribution in [0.2, 0.25) is 0 Å². The summed E-state index contributed by atoms with van der Waals surface area (Å²) in [7, 11) is 1.75. The summed E-state index contributed by atoms with van der Waals surface area (Å²) < 4.78 is 33.2. The Hall–Kier alpha value is -2.67. The quantitative estimate of drug-likeness (QED) is 0.581. The smallest absolute Gasteiger partial charge is 0.191 e. The topological polar surface area (TPSA) is 48.9 Å². The molecule has 0 bridgehead atoms. The van der Waals surface area contributed by atoms with Crippen molar-refractivity contribution < 1.29 is 13.5 Å². The van der Waals surface area contributed by atoms with Gasteiger partial charge in [-0.1, -0.05) is 30.3 Å². The molecule has 0 radical (unpaired) electrons. The van der Waals surface area contributed by atoms with Gasteiger partial charge in [0.15, 0.2) is 5.96 Å². The third-order valence-electron chi connectivity index (χ3n) is 5.88. The predicted octanol–water partition coefficient (Wildman–Crippen LogP) is 3.49. The van der Waals surface area contributed by atoms with Gasteiger partial charge < -0.3 is 20.3 Å². The van der Waals surface area contributed by atoms with Crippen LogP contribution >= 0.6 is 0 Å². The van der Waals surface area contributed by atoms with Crippen LogP contribution in [0.5, 0.6) is 0 Å². The highest BCUT2D eigenvalue weighted by molar-refractivity contribution is 5.80. The highest BCUT2D eigenvalue weighted by Crippen LogP contribution is 2.33. The molecule has 7 heteroatoms. The fraction of sp³-hybridized carbons (Fsp3) is 0.435. The minimum absolute atomic E-state index is 0.0974. The first-order valence-corrected chi connectivity index (χ1v) is 10.5. The molecule has 5 nitrogen and oxygen atoms in total. The summed E-state index contributed by atoms with van der Waals surface area (Å²) in [5.41, 5.74) is 1.65. The highest BCUT2D eigenvalue weighted by Gasteiger charge is 2.30. The van der Waals surface area contributed by atoms with Crippen LogP contribution in [0.1, 0.15) is 24.5 Å². The van der Waals surface area contributed by atoms with Gasteiger partial charge in [0.1, 0.15) is 11.6 Å². The zero-order valence-electron chi connectivity index (χ0n) is 17.2. The number of nitrogens with zero attached hydrogens (tertiary/aromatic N) is 2. The van der Waals surface area contributed by atoms with E-state index in [2.05, 4.69) is 27.8 Å². The molecule has 2 N–H and O–H groups in total. The highest BCUT2D eigenvalue weighted by atomic mass is 19.1. The lowest BCUT2D eigenvalue weighted by atomic mass is 9.95. The van der Waals surface area contributed by atoms with Crippen molar-refractivity contribution in [3.8, 4) is 0 Å². The van der Waals surface area contributed by atoms with Gasteiger partial charge in [0, 0.05) is 51.3 Å². The molecule has 2 heterocycles. The predicted molar refractivity (Wildman–Crippen MR) is 115 cm³/mol. The number of anilines is 1. The number of hydrogen-bond acceptors (Lipinski definition) is 3. The number of aliphatic imine (C=N–C) groups is 1. The first-order valence-electron chi connectivity index (χ1n) is 10.5. The zero-order valence-corrected chi connectivity index (χ0v) is 17.2. The van der Waals surface area contributed by atoms with Gasteiger partial charge >= 0.3 is 0 Å². The Morgan fingerprint density at radius 2 is 2.00 bits per heavy atom. The molecular weight excluding hydrogens is 386 g/mol. The minimum Gasteiger partial charge on any atom is -0.373 e. The van der Waals surface area contributed by atoms with Crippen LogP contribution in [-0.2, 0) is 4.74 Å². The summed E-state index contributed by atoms with van der Waals surface area (Å²) in [5.74, 6) is 0.0326. The van der Waals surface area contributed by atoms with Crippen LogP contribution in [0, 0.1) is 17.6 Å². The average Bonchev–Trinajstić information content (AvgIpc) is 3.41. The van der Waals surface area contributed by atoms with E-state index in [0.717, 1.165) is 38.0 Å². The van der Waals surface area contributed by atoms with Gasteiger partial charge in [-0.15, -0.1) is 0 Å². The molecule has 2 aliphatic rings. The number of halogens is 2. The summed E-state index contributed by atoms with van der Waals surface area (Å²) in [4.78, 5) is 6.29. The van der Waals surface area contributed by atoms with Gasteiger partial charge in [-0.05, 0) is 30.5 Å². The maximum absolute atomic E-state index is 14.1. The molecule has 2 aliphatic heterocycles. The molecule has 3 atom stereocenters. The second-order valence-corrected chi connectivity index (χ2v) is 7.88. The molecule has 3 unspecified atom stereocenters. The van der Waals surface area contributed by atoms with Gasteiger partial charge in [-0.2, -0.15) is 0 Å². The van der Waals surface area contributed by atoms with Crippen molar-refractivity contribution in [3.05, 3.63) is 65.7 Å². The average molecular weight is 415 g/mol. The number of hydrogen-bond donors (Lipinski definition) is 2. The Bertz CT molecular complexity index is 877. The van der Waals surface area contributed by atoms with Crippen LogP contribution in [-0.4, -0.2) is 45.3 Å². The summed E-state index contributed by atoms with van der Waals surface area (Å²) in [6, 6.07) is 14.2. The van der Waals surface area contributed by atoms with Gasteiger partial charge in [-0.3, -0.25) is 4.99 Å². The molecule has 2 saturated heterocycles. The van der Waals surface area contributed by atoms with Crippen molar-refractivity contribution in [2.75, 3.05) is 38.2 Å². The molecule has 2 fully saturated rings. The molecule has 0 amide bonds. The van der Waals surface area contributed by atoms with E-state index in [1.807, 2.05) is 23.1 Å². The molecule has 160 valence electrons. The SMILES string of the molecule is CN=C(NCC1CCOC1c1ccccc1)NC1CCN(c2ccc(F)cc2F)C1. The molecular formula is C23H28F2N4O. The third-order valence-corrected chi connectivity index (χ3v) is 5.88. The Kier molecular flexibility index (Phi) is 6.47. The molecule has 4 rings (SSSR count). The summed E-state index contributed by atoms with van der Waals surface area (Å²) >= 11 is 0. The monoisotopic (exact) mass is 414 g/mol.